The molecule has 0 radical (unpaired) electrons. The van der Waals surface area contributed by atoms with E-state index in [4.69, 9.17) is 10.9 Å². The maximum atomic E-state index is 13.0. The molecule has 0 fully saturated rings. The lowest BCUT2D eigenvalue weighted by Crippen LogP contribution is -2.41. The topological polar surface area (TPSA) is 110 Å². The quantitative estimate of drug-likeness (QED) is 0.731. The van der Waals surface area contributed by atoms with Gasteiger partial charge >= 0.3 is 0 Å². The van der Waals surface area contributed by atoms with Crippen LogP contribution in [0.25, 0.3) is 0 Å². The van der Waals surface area contributed by atoms with Gasteiger partial charge in [-0.25, -0.2) is 13.6 Å². The maximum Gasteiger partial charge on any atom is 0.246 e. The number of halogens is 1. The van der Waals surface area contributed by atoms with Gasteiger partial charge in [-0.15, -0.1) is 12.4 Å². The van der Waals surface area contributed by atoms with Crippen LogP contribution in [0.1, 0.15) is 17.5 Å². The molecule has 1 amide bonds. The number of hydrogen-bond donors (Lipinski definition) is 2. The SMILES string of the molecule is Cl.Nc1cccc2c1CCCN2CC(=O)N1CCc2cc(S(N)(=O)=O)ccc21. The average Bonchev–Trinajstić information content (AvgIpc) is 3.05. The first-order valence-corrected chi connectivity index (χ1v) is 10.5. The number of anilines is 3. The molecule has 2 heterocycles. The zero-order valence-electron chi connectivity index (χ0n) is 15.3. The van der Waals surface area contributed by atoms with E-state index in [1.807, 2.05) is 18.2 Å². The van der Waals surface area contributed by atoms with Crippen LogP contribution >= 0.6 is 12.4 Å². The van der Waals surface area contributed by atoms with Gasteiger partial charge in [0.05, 0.1) is 11.4 Å². The summed E-state index contributed by atoms with van der Waals surface area (Å²) in [7, 11) is -3.75. The van der Waals surface area contributed by atoms with E-state index in [0.717, 1.165) is 47.6 Å². The molecule has 150 valence electrons. The van der Waals surface area contributed by atoms with Gasteiger partial charge in [0.1, 0.15) is 0 Å². The second-order valence-electron chi connectivity index (χ2n) is 7.00. The van der Waals surface area contributed by atoms with Crippen molar-refractivity contribution in [3.05, 3.63) is 47.5 Å². The molecule has 9 heteroatoms. The molecule has 0 aromatic heterocycles. The van der Waals surface area contributed by atoms with Gasteiger partial charge in [-0.2, -0.15) is 0 Å². The van der Waals surface area contributed by atoms with E-state index >= 15 is 0 Å². The van der Waals surface area contributed by atoms with Gasteiger partial charge in [0.25, 0.3) is 0 Å². The highest BCUT2D eigenvalue weighted by Crippen LogP contribution is 2.33. The predicted molar refractivity (Wildman–Crippen MR) is 113 cm³/mol. The molecule has 0 aliphatic carbocycles. The van der Waals surface area contributed by atoms with E-state index < -0.39 is 10.0 Å². The standard InChI is InChI=1S/C19H22N4O3S.ClH/c20-16-4-1-5-18-15(16)3-2-9-22(18)12-19(24)23-10-8-13-11-14(27(21,25)26)6-7-17(13)23;/h1,4-7,11H,2-3,8-10,12,20H2,(H2,21,25,26);1H. The lowest BCUT2D eigenvalue weighted by Gasteiger charge is -2.32. The monoisotopic (exact) mass is 422 g/mol. The molecule has 0 saturated heterocycles. The number of nitrogens with zero attached hydrogens (tertiary/aromatic N) is 2. The smallest absolute Gasteiger partial charge is 0.246 e. The van der Waals surface area contributed by atoms with Crippen LogP contribution in [0.15, 0.2) is 41.3 Å². The van der Waals surface area contributed by atoms with Crippen molar-refractivity contribution in [2.45, 2.75) is 24.2 Å². The second kappa shape index (κ2) is 7.62. The molecule has 2 aliphatic heterocycles. The average molecular weight is 423 g/mol. The minimum atomic E-state index is -3.75. The first-order valence-electron chi connectivity index (χ1n) is 8.93. The summed E-state index contributed by atoms with van der Waals surface area (Å²) in [4.78, 5) is 16.8. The Morgan fingerprint density at radius 2 is 1.86 bits per heavy atom. The Hall–Kier alpha value is -2.29. The van der Waals surface area contributed by atoms with Gasteiger partial charge in [0.15, 0.2) is 0 Å². The zero-order valence-corrected chi connectivity index (χ0v) is 16.9. The van der Waals surface area contributed by atoms with Crippen LogP contribution in [-0.4, -0.2) is 34.0 Å². The van der Waals surface area contributed by atoms with Gasteiger partial charge in [-0.1, -0.05) is 6.07 Å². The van der Waals surface area contributed by atoms with Crippen LogP contribution in [0.4, 0.5) is 17.1 Å². The largest absolute Gasteiger partial charge is 0.398 e. The number of nitrogen functional groups attached to an aromatic ring is 1. The van der Waals surface area contributed by atoms with E-state index in [1.54, 1.807) is 17.0 Å². The fourth-order valence-electron chi connectivity index (χ4n) is 3.95. The molecule has 0 spiro atoms. The zero-order chi connectivity index (χ0) is 19.2. The summed E-state index contributed by atoms with van der Waals surface area (Å²) in [5.74, 6) is -0.00706. The highest BCUT2D eigenvalue weighted by molar-refractivity contribution is 7.89. The number of rotatable bonds is 3. The summed E-state index contributed by atoms with van der Waals surface area (Å²) in [6, 6.07) is 10.5. The lowest BCUT2D eigenvalue weighted by atomic mass is 10.00. The predicted octanol–water partition coefficient (Wildman–Crippen LogP) is 1.68. The molecule has 2 aromatic rings. The molecule has 4 rings (SSSR count). The lowest BCUT2D eigenvalue weighted by molar-refractivity contribution is -0.117. The fourth-order valence-corrected chi connectivity index (χ4v) is 4.52. The molecule has 0 atom stereocenters. The minimum Gasteiger partial charge on any atom is -0.398 e. The number of amides is 1. The molecule has 4 N–H and O–H groups in total. The number of sulfonamides is 1. The Bertz CT molecular complexity index is 1030. The Kier molecular flexibility index (Phi) is 5.56. The molecular weight excluding hydrogens is 400 g/mol. The van der Waals surface area contributed by atoms with Crippen LogP contribution in [0, 0.1) is 0 Å². The normalized spacial score (nSPS) is 15.6. The molecule has 2 aromatic carbocycles. The van der Waals surface area contributed by atoms with Crippen molar-refractivity contribution in [2.24, 2.45) is 5.14 Å². The minimum absolute atomic E-state index is 0. The number of carbonyl (C=O) groups is 1. The summed E-state index contributed by atoms with van der Waals surface area (Å²) in [6.45, 7) is 1.62. The van der Waals surface area contributed by atoms with Crippen molar-refractivity contribution in [1.82, 2.24) is 0 Å². The Balaban J connectivity index is 0.00000225. The molecular formula is C19H23ClN4O3S. The Morgan fingerprint density at radius 3 is 2.61 bits per heavy atom. The fraction of sp³-hybridized carbons (Fsp3) is 0.316. The van der Waals surface area contributed by atoms with Crippen molar-refractivity contribution >= 4 is 45.4 Å². The van der Waals surface area contributed by atoms with Gasteiger partial charge in [0.2, 0.25) is 15.9 Å². The molecule has 28 heavy (non-hydrogen) atoms. The summed E-state index contributed by atoms with van der Waals surface area (Å²) < 4.78 is 23.1. The number of fused-ring (bicyclic) bond motifs is 2. The van der Waals surface area contributed by atoms with Gasteiger partial charge < -0.3 is 15.5 Å². The van der Waals surface area contributed by atoms with Crippen molar-refractivity contribution in [1.29, 1.82) is 0 Å². The van der Waals surface area contributed by atoms with Crippen LogP contribution < -0.4 is 20.7 Å². The second-order valence-corrected chi connectivity index (χ2v) is 8.56. The number of nitrogens with two attached hydrogens (primary N) is 2. The van der Waals surface area contributed by atoms with Gasteiger partial charge in [-0.3, -0.25) is 4.79 Å². The summed E-state index contributed by atoms with van der Waals surface area (Å²) in [5, 5.41) is 5.20. The van der Waals surface area contributed by atoms with E-state index in [9.17, 15) is 13.2 Å². The van der Waals surface area contributed by atoms with E-state index in [1.165, 1.54) is 6.07 Å². The van der Waals surface area contributed by atoms with Gasteiger partial charge in [-0.05, 0) is 60.7 Å². The van der Waals surface area contributed by atoms with E-state index in [-0.39, 0.29) is 29.8 Å². The molecule has 2 aliphatic rings. The third kappa shape index (κ3) is 3.67. The van der Waals surface area contributed by atoms with E-state index in [2.05, 4.69) is 4.90 Å². The Morgan fingerprint density at radius 1 is 1.07 bits per heavy atom. The van der Waals surface area contributed by atoms with Crippen LogP contribution in [0.5, 0.6) is 0 Å². The summed E-state index contributed by atoms with van der Waals surface area (Å²) in [5.41, 5.74) is 10.6. The van der Waals surface area contributed by atoms with Crippen LogP contribution in [0.2, 0.25) is 0 Å². The highest BCUT2D eigenvalue weighted by Gasteiger charge is 2.28. The number of primary sulfonamides is 1. The molecule has 7 nitrogen and oxygen atoms in total. The highest BCUT2D eigenvalue weighted by atomic mass is 35.5. The third-order valence-corrected chi connectivity index (χ3v) is 6.20. The van der Waals surface area contributed by atoms with E-state index in [0.29, 0.717) is 13.0 Å². The molecule has 0 unspecified atom stereocenters. The third-order valence-electron chi connectivity index (χ3n) is 5.29. The first-order chi connectivity index (χ1) is 12.8. The van der Waals surface area contributed by atoms with Crippen molar-refractivity contribution in [3.8, 4) is 0 Å². The molecule has 0 saturated carbocycles. The Labute approximate surface area is 170 Å². The van der Waals surface area contributed by atoms with Crippen molar-refractivity contribution < 1.29 is 13.2 Å². The first kappa shape index (κ1) is 20.4. The van der Waals surface area contributed by atoms with Gasteiger partial charge in [0, 0.05) is 30.2 Å². The number of hydrogen-bond acceptors (Lipinski definition) is 5. The maximum absolute atomic E-state index is 13.0. The number of benzene rings is 2. The van der Waals surface area contributed by atoms with Crippen LogP contribution in [0.3, 0.4) is 0 Å². The van der Waals surface area contributed by atoms with Crippen LogP contribution in [-0.2, 0) is 27.7 Å². The summed E-state index contributed by atoms with van der Waals surface area (Å²) in [6.07, 6.45) is 2.51. The number of carbonyl (C=O) groups excluding carboxylic acids is 1. The molecule has 0 bridgehead atoms. The van der Waals surface area contributed by atoms with Crippen molar-refractivity contribution in [2.75, 3.05) is 35.2 Å². The summed E-state index contributed by atoms with van der Waals surface area (Å²) >= 11 is 0. The van der Waals surface area contributed by atoms with Crippen molar-refractivity contribution in [3.63, 3.8) is 0 Å².